The zero-order valence-corrected chi connectivity index (χ0v) is 11.1. The quantitative estimate of drug-likeness (QED) is 0.681. The third-order valence-corrected chi connectivity index (χ3v) is 4.66. The van der Waals surface area contributed by atoms with Crippen LogP contribution in [0.25, 0.3) is 0 Å². The van der Waals surface area contributed by atoms with Crippen LogP contribution in [-0.4, -0.2) is 35.5 Å². The van der Waals surface area contributed by atoms with Crippen LogP contribution in [0.5, 0.6) is 0 Å². The van der Waals surface area contributed by atoms with Crippen molar-refractivity contribution in [2.24, 2.45) is 0 Å². The molecule has 1 aliphatic carbocycles. The van der Waals surface area contributed by atoms with Gasteiger partial charge in [0.05, 0.1) is 5.60 Å². The molecule has 0 bridgehead atoms. The van der Waals surface area contributed by atoms with Gasteiger partial charge in [0, 0.05) is 19.3 Å². The molecule has 1 aliphatic rings. The van der Waals surface area contributed by atoms with Gasteiger partial charge in [-0.05, 0) is 26.2 Å². The summed E-state index contributed by atoms with van der Waals surface area (Å²) in [6.45, 7) is 2.41. The second kappa shape index (κ2) is 4.52. The Balaban J connectivity index is 2.12. The van der Waals surface area contributed by atoms with E-state index >= 15 is 0 Å². The number of aryl methyl sites for hydroxylation is 1. The maximum absolute atomic E-state index is 12.0. The van der Waals surface area contributed by atoms with Crippen molar-refractivity contribution in [2.75, 3.05) is 12.3 Å². The van der Waals surface area contributed by atoms with Gasteiger partial charge in [0.1, 0.15) is 4.90 Å². The number of nitrogen functional groups attached to an aromatic ring is 1. The van der Waals surface area contributed by atoms with Gasteiger partial charge in [-0.3, -0.25) is 4.68 Å². The Bertz CT molecular complexity index is 533. The number of nitrogens with two attached hydrogens (primary N) is 1. The summed E-state index contributed by atoms with van der Waals surface area (Å²) < 4.78 is 27.9. The number of rotatable bonds is 5. The van der Waals surface area contributed by atoms with E-state index in [-0.39, 0.29) is 17.3 Å². The number of anilines is 1. The minimum atomic E-state index is -3.71. The van der Waals surface area contributed by atoms with Crippen LogP contribution in [-0.2, 0) is 16.6 Å². The minimum Gasteiger partial charge on any atom is -0.389 e. The second-order valence-corrected chi connectivity index (χ2v) is 6.37. The first-order chi connectivity index (χ1) is 8.36. The molecule has 0 atom stereocenters. The van der Waals surface area contributed by atoms with Gasteiger partial charge in [-0.1, -0.05) is 0 Å². The first kappa shape index (κ1) is 13.3. The number of hydrogen-bond donors (Lipinski definition) is 3. The molecule has 2 rings (SSSR count). The summed E-state index contributed by atoms with van der Waals surface area (Å²) >= 11 is 0. The lowest BCUT2D eigenvalue weighted by atomic mass is 9.81. The molecule has 8 heteroatoms. The first-order valence-corrected chi connectivity index (χ1v) is 7.40. The maximum Gasteiger partial charge on any atom is 0.245 e. The Kier molecular flexibility index (Phi) is 3.35. The van der Waals surface area contributed by atoms with Crippen LogP contribution in [0.3, 0.4) is 0 Å². The highest BCUT2D eigenvalue weighted by molar-refractivity contribution is 7.89. The average molecular weight is 274 g/mol. The number of nitrogens with zero attached hydrogens (tertiary/aromatic N) is 2. The Morgan fingerprint density at radius 2 is 2.28 bits per heavy atom. The summed E-state index contributed by atoms with van der Waals surface area (Å²) in [5, 5.41) is 13.7. The lowest BCUT2D eigenvalue weighted by Crippen LogP contribution is -2.47. The molecule has 0 amide bonds. The average Bonchev–Trinajstić information content (AvgIpc) is 2.66. The predicted octanol–water partition coefficient (Wildman–Crippen LogP) is -0.321. The summed E-state index contributed by atoms with van der Waals surface area (Å²) in [4.78, 5) is -0.0349. The van der Waals surface area contributed by atoms with Crippen LogP contribution in [0, 0.1) is 0 Å². The van der Waals surface area contributed by atoms with Crippen molar-refractivity contribution in [3.8, 4) is 0 Å². The first-order valence-electron chi connectivity index (χ1n) is 5.91. The molecule has 0 unspecified atom stereocenters. The van der Waals surface area contributed by atoms with E-state index in [0.717, 1.165) is 6.42 Å². The van der Waals surface area contributed by atoms with Crippen molar-refractivity contribution in [1.82, 2.24) is 14.5 Å². The predicted molar refractivity (Wildman–Crippen MR) is 66.3 cm³/mol. The maximum atomic E-state index is 12.0. The van der Waals surface area contributed by atoms with Gasteiger partial charge in [-0.25, -0.2) is 13.1 Å². The monoisotopic (exact) mass is 274 g/mol. The number of sulfonamides is 1. The lowest BCUT2D eigenvalue weighted by Gasteiger charge is -2.36. The van der Waals surface area contributed by atoms with E-state index in [1.165, 1.54) is 10.9 Å². The topological polar surface area (TPSA) is 110 Å². The largest absolute Gasteiger partial charge is 0.389 e. The van der Waals surface area contributed by atoms with Gasteiger partial charge in [-0.2, -0.15) is 5.10 Å². The van der Waals surface area contributed by atoms with Crippen molar-refractivity contribution < 1.29 is 13.5 Å². The van der Waals surface area contributed by atoms with Gasteiger partial charge in [-0.15, -0.1) is 0 Å². The van der Waals surface area contributed by atoms with E-state index < -0.39 is 15.6 Å². The SMILES string of the molecule is CCn1cc(S(=O)(=O)NCC2(O)CCC2)c(N)n1. The van der Waals surface area contributed by atoms with Gasteiger partial charge in [0.25, 0.3) is 0 Å². The lowest BCUT2D eigenvalue weighted by molar-refractivity contribution is -0.0270. The van der Waals surface area contributed by atoms with Crippen LogP contribution in [0.4, 0.5) is 5.82 Å². The molecule has 1 saturated carbocycles. The van der Waals surface area contributed by atoms with Gasteiger partial charge in [0.15, 0.2) is 5.82 Å². The highest BCUT2D eigenvalue weighted by atomic mass is 32.2. The van der Waals surface area contributed by atoms with E-state index in [4.69, 9.17) is 5.73 Å². The molecule has 0 radical (unpaired) electrons. The standard InChI is InChI=1S/C10H18N4O3S/c1-2-14-6-8(9(11)13-14)18(16,17)12-7-10(15)4-3-5-10/h6,12,15H,2-5,7H2,1H3,(H2,11,13). The molecule has 0 saturated heterocycles. The Labute approximate surface area is 106 Å². The molecule has 1 aromatic heterocycles. The normalized spacial score (nSPS) is 18.6. The molecule has 1 aromatic rings. The number of aliphatic hydroxyl groups is 1. The van der Waals surface area contributed by atoms with Crippen molar-refractivity contribution in [2.45, 2.75) is 43.2 Å². The molecule has 1 fully saturated rings. The summed E-state index contributed by atoms with van der Waals surface area (Å²) in [6, 6.07) is 0. The van der Waals surface area contributed by atoms with Crippen molar-refractivity contribution in [3.05, 3.63) is 6.20 Å². The van der Waals surface area contributed by atoms with E-state index in [2.05, 4.69) is 9.82 Å². The summed E-state index contributed by atoms with van der Waals surface area (Å²) in [7, 11) is -3.71. The Hall–Kier alpha value is -1.12. The zero-order valence-electron chi connectivity index (χ0n) is 10.3. The summed E-state index contributed by atoms with van der Waals surface area (Å²) in [6.07, 6.45) is 3.56. The molecule has 4 N–H and O–H groups in total. The van der Waals surface area contributed by atoms with E-state index in [1.54, 1.807) is 0 Å². The van der Waals surface area contributed by atoms with Gasteiger partial charge >= 0.3 is 0 Å². The number of aromatic nitrogens is 2. The molecule has 18 heavy (non-hydrogen) atoms. The van der Waals surface area contributed by atoms with Gasteiger partial charge in [0.2, 0.25) is 10.0 Å². The third-order valence-electron chi connectivity index (χ3n) is 3.24. The van der Waals surface area contributed by atoms with Gasteiger partial charge < -0.3 is 10.8 Å². The molecule has 7 nitrogen and oxygen atoms in total. The highest BCUT2D eigenvalue weighted by Crippen LogP contribution is 2.31. The van der Waals surface area contributed by atoms with E-state index in [0.29, 0.717) is 19.4 Å². The molecular formula is C10H18N4O3S. The Morgan fingerprint density at radius 1 is 1.61 bits per heavy atom. The highest BCUT2D eigenvalue weighted by Gasteiger charge is 2.36. The van der Waals surface area contributed by atoms with Crippen molar-refractivity contribution in [1.29, 1.82) is 0 Å². The summed E-state index contributed by atoms with van der Waals surface area (Å²) in [5.41, 5.74) is 4.68. The van der Waals surface area contributed by atoms with Crippen molar-refractivity contribution in [3.63, 3.8) is 0 Å². The molecular weight excluding hydrogens is 256 g/mol. The smallest absolute Gasteiger partial charge is 0.245 e. The summed E-state index contributed by atoms with van der Waals surface area (Å²) in [5.74, 6) is -0.0232. The zero-order chi connectivity index (χ0) is 13.4. The fraction of sp³-hybridized carbons (Fsp3) is 0.700. The molecule has 1 heterocycles. The number of hydrogen-bond acceptors (Lipinski definition) is 5. The van der Waals surface area contributed by atoms with Crippen LogP contribution >= 0.6 is 0 Å². The third kappa shape index (κ3) is 2.50. The second-order valence-electron chi connectivity index (χ2n) is 4.64. The molecule has 0 aliphatic heterocycles. The van der Waals surface area contributed by atoms with Crippen molar-refractivity contribution >= 4 is 15.8 Å². The van der Waals surface area contributed by atoms with E-state index in [9.17, 15) is 13.5 Å². The van der Waals surface area contributed by atoms with Crippen LogP contribution in [0.2, 0.25) is 0 Å². The van der Waals surface area contributed by atoms with Crippen LogP contribution < -0.4 is 10.5 Å². The van der Waals surface area contributed by atoms with Crippen LogP contribution in [0.15, 0.2) is 11.1 Å². The molecule has 0 aromatic carbocycles. The minimum absolute atomic E-state index is 0.0199. The fourth-order valence-corrected chi connectivity index (χ4v) is 3.05. The molecule has 102 valence electrons. The number of nitrogens with one attached hydrogen (secondary N) is 1. The Morgan fingerprint density at radius 3 is 2.72 bits per heavy atom. The van der Waals surface area contributed by atoms with E-state index in [1.807, 2.05) is 6.92 Å². The molecule has 0 spiro atoms. The fourth-order valence-electron chi connectivity index (χ4n) is 1.86. The van der Waals surface area contributed by atoms with Crippen LogP contribution in [0.1, 0.15) is 26.2 Å².